The molecule has 1 aromatic heterocycles. The van der Waals surface area contributed by atoms with E-state index in [1.165, 1.54) is 13.0 Å². The van der Waals surface area contributed by atoms with Gasteiger partial charge in [-0.25, -0.2) is 13.8 Å². The minimum absolute atomic E-state index is 0.122. The van der Waals surface area contributed by atoms with Gasteiger partial charge in [0.05, 0.1) is 0 Å². The third-order valence-corrected chi connectivity index (χ3v) is 2.03. The summed E-state index contributed by atoms with van der Waals surface area (Å²) in [5.41, 5.74) is 5.44. The highest BCUT2D eigenvalue weighted by Crippen LogP contribution is 2.23. The topological polar surface area (TPSA) is 56.0 Å². The molecule has 0 saturated heterocycles. The molecular weight excluding hydrogens is 190 g/mol. The lowest BCUT2D eigenvalue weighted by molar-refractivity contribution is 0.0993. The van der Waals surface area contributed by atoms with Crippen LogP contribution in [0.4, 0.5) is 8.78 Å². The van der Waals surface area contributed by atoms with Crippen LogP contribution in [0, 0.1) is 13.8 Å². The van der Waals surface area contributed by atoms with Gasteiger partial charge in [0.2, 0.25) is 0 Å². The Labute approximate surface area is 79.9 Å². The molecule has 3 nitrogen and oxygen atoms in total. The van der Waals surface area contributed by atoms with Gasteiger partial charge in [-0.05, 0) is 31.0 Å². The SMILES string of the molecule is Cc1cc(C(N)=O)nc(C(F)F)c1C. The lowest BCUT2D eigenvalue weighted by atomic mass is 10.1. The van der Waals surface area contributed by atoms with Crippen LogP contribution in [0.25, 0.3) is 0 Å². The van der Waals surface area contributed by atoms with E-state index in [1.54, 1.807) is 6.92 Å². The number of nitrogens with two attached hydrogens (primary N) is 1. The van der Waals surface area contributed by atoms with E-state index < -0.39 is 12.3 Å². The number of pyridine rings is 1. The van der Waals surface area contributed by atoms with Crippen LogP contribution in [-0.4, -0.2) is 10.9 Å². The first-order valence-corrected chi connectivity index (χ1v) is 3.99. The molecule has 5 heteroatoms. The molecule has 0 radical (unpaired) electrons. The number of hydrogen-bond acceptors (Lipinski definition) is 2. The maximum atomic E-state index is 12.4. The molecule has 0 aliphatic heterocycles. The summed E-state index contributed by atoms with van der Waals surface area (Å²) in [6.45, 7) is 3.17. The second-order valence-corrected chi connectivity index (χ2v) is 3.00. The first-order valence-electron chi connectivity index (χ1n) is 3.99. The molecule has 1 heterocycles. The zero-order chi connectivity index (χ0) is 10.9. The predicted octanol–water partition coefficient (Wildman–Crippen LogP) is 1.73. The Morgan fingerprint density at radius 2 is 2.07 bits per heavy atom. The van der Waals surface area contributed by atoms with E-state index in [1.807, 2.05) is 0 Å². The maximum absolute atomic E-state index is 12.4. The van der Waals surface area contributed by atoms with Gasteiger partial charge in [0.25, 0.3) is 12.3 Å². The first-order chi connectivity index (χ1) is 6.43. The molecule has 0 saturated carbocycles. The van der Waals surface area contributed by atoms with Crippen LogP contribution in [0.15, 0.2) is 6.07 Å². The van der Waals surface area contributed by atoms with Crippen LogP contribution in [0.5, 0.6) is 0 Å². The molecule has 0 aromatic carbocycles. The second-order valence-electron chi connectivity index (χ2n) is 3.00. The second kappa shape index (κ2) is 3.69. The Hall–Kier alpha value is -1.52. The van der Waals surface area contributed by atoms with Gasteiger partial charge in [-0.2, -0.15) is 0 Å². The standard InChI is InChI=1S/C9H10F2N2O/c1-4-3-6(9(12)14)13-7(5(4)2)8(10)11/h3,8H,1-2H3,(H2,12,14). The molecule has 0 spiro atoms. The van der Waals surface area contributed by atoms with Gasteiger partial charge in [-0.15, -0.1) is 0 Å². The van der Waals surface area contributed by atoms with Crippen molar-refractivity contribution in [2.45, 2.75) is 20.3 Å². The van der Waals surface area contributed by atoms with E-state index >= 15 is 0 Å². The molecule has 2 N–H and O–H groups in total. The van der Waals surface area contributed by atoms with Crippen molar-refractivity contribution in [2.24, 2.45) is 5.73 Å². The molecular formula is C9H10F2N2O. The van der Waals surface area contributed by atoms with Crippen molar-refractivity contribution in [2.75, 3.05) is 0 Å². The van der Waals surface area contributed by atoms with Crippen LogP contribution >= 0.6 is 0 Å². The molecule has 0 aliphatic carbocycles. The van der Waals surface area contributed by atoms with Gasteiger partial charge in [0.1, 0.15) is 11.4 Å². The van der Waals surface area contributed by atoms with Gasteiger partial charge in [0, 0.05) is 0 Å². The summed E-state index contributed by atoms with van der Waals surface area (Å²) in [5.74, 6) is -0.796. The Kier molecular flexibility index (Phi) is 2.78. The van der Waals surface area contributed by atoms with Gasteiger partial charge in [0.15, 0.2) is 0 Å². The Morgan fingerprint density at radius 3 is 2.50 bits per heavy atom. The van der Waals surface area contributed by atoms with Crippen LogP contribution in [0.2, 0.25) is 0 Å². The Morgan fingerprint density at radius 1 is 1.50 bits per heavy atom. The molecule has 0 unspecified atom stereocenters. The number of rotatable bonds is 2. The minimum Gasteiger partial charge on any atom is -0.364 e. The number of carbonyl (C=O) groups is 1. The van der Waals surface area contributed by atoms with Gasteiger partial charge >= 0.3 is 0 Å². The maximum Gasteiger partial charge on any atom is 0.280 e. The molecule has 0 fully saturated rings. The number of primary amides is 1. The minimum atomic E-state index is -2.69. The van der Waals surface area contributed by atoms with E-state index in [2.05, 4.69) is 4.98 Å². The highest BCUT2D eigenvalue weighted by atomic mass is 19.3. The van der Waals surface area contributed by atoms with Crippen molar-refractivity contribution in [1.29, 1.82) is 0 Å². The van der Waals surface area contributed by atoms with Crippen molar-refractivity contribution in [1.82, 2.24) is 4.98 Å². The fraction of sp³-hybridized carbons (Fsp3) is 0.333. The summed E-state index contributed by atoms with van der Waals surface area (Å²) in [4.78, 5) is 14.3. The molecule has 1 aromatic rings. The smallest absolute Gasteiger partial charge is 0.280 e. The number of alkyl halides is 2. The predicted molar refractivity (Wildman–Crippen MR) is 47.2 cm³/mol. The fourth-order valence-electron chi connectivity index (χ4n) is 1.10. The van der Waals surface area contributed by atoms with Crippen molar-refractivity contribution in [3.05, 3.63) is 28.6 Å². The summed E-state index contributed by atoms with van der Waals surface area (Å²) < 4.78 is 24.9. The Bertz CT molecular complexity index is 377. The summed E-state index contributed by atoms with van der Waals surface area (Å²) in [7, 11) is 0. The van der Waals surface area contributed by atoms with Gasteiger partial charge in [-0.3, -0.25) is 4.79 Å². The van der Waals surface area contributed by atoms with E-state index in [9.17, 15) is 13.6 Å². The van der Waals surface area contributed by atoms with Crippen molar-refractivity contribution < 1.29 is 13.6 Å². The number of nitrogens with zero attached hydrogens (tertiary/aromatic N) is 1. The number of halogens is 2. The van der Waals surface area contributed by atoms with Crippen LogP contribution in [0.3, 0.4) is 0 Å². The summed E-state index contributed by atoms with van der Waals surface area (Å²) >= 11 is 0. The highest BCUT2D eigenvalue weighted by molar-refractivity contribution is 5.91. The normalized spacial score (nSPS) is 10.6. The van der Waals surface area contributed by atoms with E-state index in [0.29, 0.717) is 11.1 Å². The molecule has 76 valence electrons. The fourth-order valence-corrected chi connectivity index (χ4v) is 1.10. The molecule has 1 rings (SSSR count). The highest BCUT2D eigenvalue weighted by Gasteiger charge is 2.16. The average Bonchev–Trinajstić information content (AvgIpc) is 2.08. The summed E-state index contributed by atoms with van der Waals surface area (Å²) in [6, 6.07) is 1.41. The molecule has 0 bridgehead atoms. The number of aryl methyl sites for hydroxylation is 1. The quantitative estimate of drug-likeness (QED) is 0.790. The van der Waals surface area contributed by atoms with E-state index in [4.69, 9.17) is 5.73 Å². The first kappa shape index (κ1) is 10.6. The lowest BCUT2D eigenvalue weighted by Gasteiger charge is -2.08. The monoisotopic (exact) mass is 200 g/mol. The third-order valence-electron chi connectivity index (χ3n) is 2.03. The summed E-state index contributed by atoms with van der Waals surface area (Å²) in [6.07, 6.45) is -2.69. The molecule has 1 amide bonds. The zero-order valence-corrected chi connectivity index (χ0v) is 7.84. The van der Waals surface area contributed by atoms with E-state index in [0.717, 1.165) is 0 Å². The number of amides is 1. The number of hydrogen-bond donors (Lipinski definition) is 1. The lowest BCUT2D eigenvalue weighted by Crippen LogP contribution is -2.15. The third kappa shape index (κ3) is 1.86. The Balaban J connectivity index is 3.35. The summed E-state index contributed by atoms with van der Waals surface area (Å²) in [5, 5.41) is 0. The van der Waals surface area contributed by atoms with Crippen molar-refractivity contribution >= 4 is 5.91 Å². The molecule has 14 heavy (non-hydrogen) atoms. The van der Waals surface area contributed by atoms with Gasteiger partial charge < -0.3 is 5.73 Å². The van der Waals surface area contributed by atoms with Crippen molar-refractivity contribution in [3.8, 4) is 0 Å². The number of aromatic nitrogens is 1. The van der Waals surface area contributed by atoms with Crippen LogP contribution in [0.1, 0.15) is 33.7 Å². The van der Waals surface area contributed by atoms with E-state index in [-0.39, 0.29) is 11.4 Å². The average molecular weight is 200 g/mol. The zero-order valence-electron chi connectivity index (χ0n) is 7.84. The number of carbonyl (C=O) groups excluding carboxylic acids is 1. The van der Waals surface area contributed by atoms with Crippen LogP contribution in [-0.2, 0) is 0 Å². The molecule has 0 aliphatic rings. The van der Waals surface area contributed by atoms with Gasteiger partial charge in [-0.1, -0.05) is 0 Å². The van der Waals surface area contributed by atoms with Crippen molar-refractivity contribution in [3.63, 3.8) is 0 Å². The van der Waals surface area contributed by atoms with Crippen LogP contribution < -0.4 is 5.73 Å². The largest absolute Gasteiger partial charge is 0.364 e. The molecule has 0 atom stereocenters.